The zero-order chi connectivity index (χ0) is 12.3. The normalized spacial score (nSPS) is 24.4. The number of halogens is 1. The Bertz CT molecular complexity index is 391. The van der Waals surface area contributed by atoms with Crippen LogP contribution in [0.3, 0.4) is 0 Å². The third-order valence-electron chi connectivity index (χ3n) is 3.15. The number of carbonyl (C=O) groups is 1. The molecule has 1 aliphatic rings. The van der Waals surface area contributed by atoms with Crippen LogP contribution in [-0.4, -0.2) is 23.2 Å². The molecule has 4 heteroatoms. The number of amides is 1. The van der Waals surface area contributed by atoms with Crippen LogP contribution in [0, 0.1) is 5.82 Å². The van der Waals surface area contributed by atoms with Gasteiger partial charge in [0.05, 0.1) is 12.1 Å². The van der Waals surface area contributed by atoms with E-state index in [1.54, 1.807) is 0 Å². The Morgan fingerprint density at radius 3 is 2.53 bits per heavy atom. The van der Waals surface area contributed by atoms with Gasteiger partial charge in [0.1, 0.15) is 5.82 Å². The Morgan fingerprint density at radius 2 is 1.88 bits per heavy atom. The molecule has 0 heterocycles. The number of hydrogen-bond acceptors (Lipinski definition) is 2. The fourth-order valence-corrected chi connectivity index (χ4v) is 2.13. The van der Waals surface area contributed by atoms with E-state index in [2.05, 4.69) is 5.32 Å². The second-order valence-electron chi connectivity index (χ2n) is 4.44. The lowest BCUT2D eigenvalue weighted by molar-refractivity contribution is 0.0717. The summed E-state index contributed by atoms with van der Waals surface area (Å²) >= 11 is 0. The van der Waals surface area contributed by atoms with Crippen LogP contribution in [0.1, 0.15) is 36.0 Å². The van der Waals surface area contributed by atoms with Crippen molar-refractivity contribution in [3.05, 3.63) is 35.6 Å². The quantitative estimate of drug-likeness (QED) is 0.824. The summed E-state index contributed by atoms with van der Waals surface area (Å²) in [5.74, 6) is -0.616. The SMILES string of the molecule is O=C(N[C@@H]1CCCC[C@@H]1O)c1ccc(F)cc1. The predicted octanol–water partition coefficient (Wildman–Crippen LogP) is 1.86. The molecule has 1 aliphatic carbocycles. The highest BCUT2D eigenvalue weighted by Crippen LogP contribution is 2.18. The first kappa shape index (κ1) is 12.0. The molecular formula is C13H16FNO2. The minimum atomic E-state index is -0.465. The molecule has 0 aromatic heterocycles. The first-order chi connectivity index (χ1) is 8.16. The van der Waals surface area contributed by atoms with Crippen molar-refractivity contribution >= 4 is 5.91 Å². The lowest BCUT2D eigenvalue weighted by Crippen LogP contribution is -2.45. The molecule has 0 aliphatic heterocycles. The van der Waals surface area contributed by atoms with Crippen molar-refractivity contribution in [1.29, 1.82) is 0 Å². The molecule has 0 radical (unpaired) electrons. The molecule has 0 bridgehead atoms. The number of carbonyl (C=O) groups excluding carboxylic acids is 1. The summed E-state index contributed by atoms with van der Waals surface area (Å²) < 4.78 is 12.7. The molecule has 0 unspecified atom stereocenters. The van der Waals surface area contributed by atoms with E-state index in [0.29, 0.717) is 5.56 Å². The molecule has 1 amide bonds. The molecule has 1 aromatic rings. The average Bonchev–Trinajstić information content (AvgIpc) is 2.33. The molecule has 0 saturated heterocycles. The van der Waals surface area contributed by atoms with Crippen LogP contribution in [0.2, 0.25) is 0 Å². The summed E-state index contributed by atoms with van der Waals surface area (Å²) in [5.41, 5.74) is 0.421. The maximum Gasteiger partial charge on any atom is 0.251 e. The highest BCUT2D eigenvalue weighted by atomic mass is 19.1. The van der Waals surface area contributed by atoms with Gasteiger partial charge in [0, 0.05) is 5.56 Å². The minimum absolute atomic E-state index is 0.179. The lowest BCUT2D eigenvalue weighted by atomic mass is 9.92. The van der Waals surface area contributed by atoms with Crippen molar-refractivity contribution in [2.45, 2.75) is 37.8 Å². The van der Waals surface area contributed by atoms with Crippen molar-refractivity contribution in [3.8, 4) is 0 Å². The van der Waals surface area contributed by atoms with Gasteiger partial charge >= 0.3 is 0 Å². The van der Waals surface area contributed by atoms with Gasteiger partial charge in [-0.3, -0.25) is 4.79 Å². The van der Waals surface area contributed by atoms with Crippen LogP contribution >= 0.6 is 0 Å². The van der Waals surface area contributed by atoms with Crippen molar-refractivity contribution in [3.63, 3.8) is 0 Å². The van der Waals surface area contributed by atoms with Gasteiger partial charge in [-0.05, 0) is 37.1 Å². The molecule has 2 atom stereocenters. The summed E-state index contributed by atoms with van der Waals surface area (Å²) in [7, 11) is 0. The van der Waals surface area contributed by atoms with E-state index < -0.39 is 6.10 Å². The van der Waals surface area contributed by atoms with E-state index in [-0.39, 0.29) is 17.8 Å². The summed E-state index contributed by atoms with van der Waals surface area (Å²) in [4.78, 5) is 11.8. The van der Waals surface area contributed by atoms with Crippen LogP contribution in [0.5, 0.6) is 0 Å². The minimum Gasteiger partial charge on any atom is -0.391 e. The number of aliphatic hydroxyl groups excluding tert-OH is 1. The van der Waals surface area contributed by atoms with Crippen molar-refractivity contribution in [2.75, 3.05) is 0 Å². The fraction of sp³-hybridized carbons (Fsp3) is 0.462. The van der Waals surface area contributed by atoms with E-state index in [1.807, 2.05) is 0 Å². The first-order valence-corrected chi connectivity index (χ1v) is 5.91. The van der Waals surface area contributed by atoms with Crippen molar-refractivity contribution in [1.82, 2.24) is 5.32 Å². The second-order valence-corrected chi connectivity index (χ2v) is 4.44. The van der Waals surface area contributed by atoms with Gasteiger partial charge < -0.3 is 10.4 Å². The Balaban J connectivity index is 1.98. The largest absolute Gasteiger partial charge is 0.391 e. The van der Waals surface area contributed by atoms with E-state index in [9.17, 15) is 14.3 Å². The molecule has 1 aromatic carbocycles. The number of nitrogens with one attached hydrogen (secondary N) is 1. The standard InChI is InChI=1S/C13H16FNO2/c14-10-7-5-9(6-8-10)13(17)15-11-3-1-2-4-12(11)16/h5-8,11-12,16H,1-4H2,(H,15,17)/t11-,12+/m1/s1. The zero-order valence-electron chi connectivity index (χ0n) is 9.53. The maximum absolute atomic E-state index is 12.7. The van der Waals surface area contributed by atoms with Gasteiger partial charge in [0.25, 0.3) is 5.91 Å². The van der Waals surface area contributed by atoms with Gasteiger partial charge in [0.15, 0.2) is 0 Å². The van der Waals surface area contributed by atoms with Gasteiger partial charge in [-0.2, -0.15) is 0 Å². The number of hydrogen-bond donors (Lipinski definition) is 2. The van der Waals surface area contributed by atoms with Gasteiger partial charge in [0.2, 0.25) is 0 Å². The van der Waals surface area contributed by atoms with Crippen LogP contribution in [-0.2, 0) is 0 Å². The molecule has 1 saturated carbocycles. The number of rotatable bonds is 2. The Morgan fingerprint density at radius 1 is 1.24 bits per heavy atom. The van der Waals surface area contributed by atoms with Crippen LogP contribution in [0.15, 0.2) is 24.3 Å². The lowest BCUT2D eigenvalue weighted by Gasteiger charge is -2.28. The zero-order valence-corrected chi connectivity index (χ0v) is 9.53. The van der Waals surface area contributed by atoms with E-state index >= 15 is 0 Å². The van der Waals surface area contributed by atoms with Crippen molar-refractivity contribution < 1.29 is 14.3 Å². The molecule has 0 spiro atoms. The van der Waals surface area contributed by atoms with Crippen molar-refractivity contribution in [2.24, 2.45) is 0 Å². The van der Waals surface area contributed by atoms with Gasteiger partial charge in [-0.25, -0.2) is 4.39 Å². The van der Waals surface area contributed by atoms with E-state index in [1.165, 1.54) is 24.3 Å². The first-order valence-electron chi connectivity index (χ1n) is 5.91. The molecule has 2 rings (SSSR count). The second kappa shape index (κ2) is 5.27. The fourth-order valence-electron chi connectivity index (χ4n) is 2.13. The van der Waals surface area contributed by atoms with Gasteiger partial charge in [-0.15, -0.1) is 0 Å². The molecule has 3 nitrogen and oxygen atoms in total. The summed E-state index contributed by atoms with van der Waals surface area (Å²) in [6.45, 7) is 0. The Labute approximate surface area is 99.7 Å². The Kier molecular flexibility index (Phi) is 3.74. The molecule has 17 heavy (non-hydrogen) atoms. The molecular weight excluding hydrogens is 221 g/mol. The van der Waals surface area contributed by atoms with Crippen LogP contribution in [0.4, 0.5) is 4.39 Å². The molecule has 92 valence electrons. The topological polar surface area (TPSA) is 49.3 Å². The number of benzene rings is 1. The summed E-state index contributed by atoms with van der Waals surface area (Å²) in [6, 6.07) is 5.22. The Hall–Kier alpha value is -1.42. The molecule has 1 fully saturated rings. The monoisotopic (exact) mass is 237 g/mol. The third kappa shape index (κ3) is 3.03. The van der Waals surface area contributed by atoms with E-state index in [0.717, 1.165) is 25.7 Å². The van der Waals surface area contributed by atoms with Crippen LogP contribution in [0.25, 0.3) is 0 Å². The number of aliphatic hydroxyl groups is 1. The average molecular weight is 237 g/mol. The maximum atomic E-state index is 12.7. The smallest absolute Gasteiger partial charge is 0.251 e. The third-order valence-corrected chi connectivity index (χ3v) is 3.15. The molecule has 2 N–H and O–H groups in total. The summed E-state index contributed by atoms with van der Waals surface area (Å²) in [5, 5.41) is 12.5. The summed E-state index contributed by atoms with van der Waals surface area (Å²) in [6.07, 6.45) is 3.09. The highest BCUT2D eigenvalue weighted by molar-refractivity contribution is 5.94. The van der Waals surface area contributed by atoms with Gasteiger partial charge in [-0.1, -0.05) is 12.8 Å². The van der Waals surface area contributed by atoms with E-state index in [4.69, 9.17) is 0 Å². The predicted molar refractivity (Wildman–Crippen MR) is 62.1 cm³/mol. The van der Waals surface area contributed by atoms with Crippen LogP contribution < -0.4 is 5.32 Å². The highest BCUT2D eigenvalue weighted by Gasteiger charge is 2.24.